The molecule has 27 heavy (non-hydrogen) atoms. The molecular weight excluding hydrogens is 338 g/mol. The minimum Gasteiger partial charge on any atom is -0.421 e. The average Bonchev–Trinajstić information content (AvgIpc) is 3.25. The van der Waals surface area contributed by atoms with Gasteiger partial charge >= 0.3 is 0 Å². The van der Waals surface area contributed by atoms with Crippen molar-refractivity contribution in [2.24, 2.45) is 0 Å². The smallest absolute Gasteiger partial charge is 0.254 e. The van der Waals surface area contributed by atoms with Gasteiger partial charge in [-0.05, 0) is 50.1 Å². The summed E-state index contributed by atoms with van der Waals surface area (Å²) in [4.78, 5) is 15.2. The van der Waals surface area contributed by atoms with Gasteiger partial charge in [-0.1, -0.05) is 30.3 Å². The Morgan fingerprint density at radius 3 is 2.37 bits per heavy atom. The maximum atomic E-state index is 13.2. The second-order valence-corrected chi connectivity index (χ2v) is 7.26. The summed E-state index contributed by atoms with van der Waals surface area (Å²) in [6.45, 7) is 6.04. The van der Waals surface area contributed by atoms with Crippen molar-refractivity contribution in [3.05, 3.63) is 71.6 Å². The zero-order chi connectivity index (χ0) is 19.0. The summed E-state index contributed by atoms with van der Waals surface area (Å²) < 4.78 is 5.45. The third-order valence-corrected chi connectivity index (χ3v) is 5.46. The molecule has 5 nitrogen and oxygen atoms in total. The summed E-state index contributed by atoms with van der Waals surface area (Å²) in [5.74, 6) is 1.43. The van der Waals surface area contributed by atoms with Crippen molar-refractivity contribution < 1.29 is 9.21 Å². The van der Waals surface area contributed by atoms with Crippen LogP contribution in [0.4, 0.5) is 0 Å². The first-order valence-corrected chi connectivity index (χ1v) is 9.32. The number of benzene rings is 2. The summed E-state index contributed by atoms with van der Waals surface area (Å²) in [6.07, 6.45) is 0.982. The maximum absolute atomic E-state index is 13.2. The molecule has 3 unspecified atom stereocenters. The maximum Gasteiger partial charge on any atom is 0.254 e. The van der Waals surface area contributed by atoms with E-state index in [9.17, 15) is 4.79 Å². The fourth-order valence-corrected chi connectivity index (χ4v) is 4.09. The van der Waals surface area contributed by atoms with E-state index in [4.69, 9.17) is 4.42 Å². The normalized spacial score (nSPS) is 22.2. The number of aromatic nitrogens is 2. The van der Waals surface area contributed by atoms with E-state index in [1.807, 2.05) is 35.2 Å². The molecule has 2 heterocycles. The molecule has 0 bridgehead atoms. The minimum atomic E-state index is 0.0710. The van der Waals surface area contributed by atoms with E-state index < -0.39 is 0 Å². The summed E-state index contributed by atoms with van der Waals surface area (Å²) >= 11 is 0. The van der Waals surface area contributed by atoms with Crippen molar-refractivity contribution in [2.75, 3.05) is 0 Å². The number of amides is 1. The molecule has 0 aliphatic carbocycles. The molecule has 1 fully saturated rings. The molecule has 1 saturated heterocycles. The molecule has 3 atom stereocenters. The highest BCUT2D eigenvalue weighted by Crippen LogP contribution is 2.38. The summed E-state index contributed by atoms with van der Waals surface area (Å²) in [5.41, 5.74) is 2.80. The lowest BCUT2D eigenvalue weighted by Crippen LogP contribution is -2.39. The molecule has 1 aromatic heterocycles. The van der Waals surface area contributed by atoms with Gasteiger partial charge in [-0.25, -0.2) is 0 Å². The van der Waals surface area contributed by atoms with Gasteiger partial charge in [0.25, 0.3) is 5.91 Å². The number of hydrogen-bond acceptors (Lipinski definition) is 4. The van der Waals surface area contributed by atoms with Crippen LogP contribution in [-0.4, -0.2) is 33.1 Å². The van der Waals surface area contributed by atoms with E-state index in [1.165, 1.54) is 5.56 Å². The van der Waals surface area contributed by atoms with Gasteiger partial charge in [0.1, 0.15) is 0 Å². The Hall–Kier alpha value is -2.95. The summed E-state index contributed by atoms with van der Waals surface area (Å²) in [6, 6.07) is 18.2. The standard InChI is InChI=1S/C22H23N3O2/c1-14-13-20(17-7-5-4-6-8-17)15(2)25(14)22(26)19-11-9-18(10-12-19)21-24-23-16(3)27-21/h4-12,14-15,20H,13H2,1-3H3. The molecule has 2 aromatic carbocycles. The van der Waals surface area contributed by atoms with Gasteiger partial charge in [0.05, 0.1) is 0 Å². The number of aryl methyl sites for hydroxylation is 1. The zero-order valence-electron chi connectivity index (χ0n) is 15.8. The van der Waals surface area contributed by atoms with Crippen molar-refractivity contribution in [2.45, 2.75) is 45.2 Å². The first-order valence-electron chi connectivity index (χ1n) is 9.32. The van der Waals surface area contributed by atoms with Crippen LogP contribution in [0.1, 0.15) is 48.0 Å². The van der Waals surface area contributed by atoms with E-state index in [0.717, 1.165) is 12.0 Å². The molecule has 0 spiro atoms. The average molecular weight is 361 g/mol. The van der Waals surface area contributed by atoms with Crippen LogP contribution in [0.25, 0.3) is 11.5 Å². The molecule has 0 saturated carbocycles. The van der Waals surface area contributed by atoms with E-state index in [-0.39, 0.29) is 18.0 Å². The van der Waals surface area contributed by atoms with Gasteiger partial charge < -0.3 is 9.32 Å². The van der Waals surface area contributed by atoms with Crippen LogP contribution in [-0.2, 0) is 0 Å². The van der Waals surface area contributed by atoms with E-state index >= 15 is 0 Å². The second-order valence-electron chi connectivity index (χ2n) is 7.26. The zero-order valence-corrected chi connectivity index (χ0v) is 15.8. The molecule has 1 amide bonds. The third kappa shape index (κ3) is 3.25. The highest BCUT2D eigenvalue weighted by Gasteiger charge is 2.39. The first-order chi connectivity index (χ1) is 13.0. The highest BCUT2D eigenvalue weighted by molar-refractivity contribution is 5.95. The van der Waals surface area contributed by atoms with Crippen molar-refractivity contribution in [3.63, 3.8) is 0 Å². The Bertz CT molecular complexity index is 934. The number of carbonyl (C=O) groups is 1. The van der Waals surface area contributed by atoms with Crippen LogP contribution >= 0.6 is 0 Å². The van der Waals surface area contributed by atoms with Gasteiger partial charge in [-0.2, -0.15) is 0 Å². The molecule has 0 N–H and O–H groups in total. The van der Waals surface area contributed by atoms with Crippen molar-refractivity contribution >= 4 is 5.91 Å². The van der Waals surface area contributed by atoms with E-state index in [2.05, 4.69) is 48.3 Å². The molecular formula is C22H23N3O2. The Morgan fingerprint density at radius 2 is 1.74 bits per heavy atom. The Kier molecular flexibility index (Phi) is 4.52. The number of likely N-dealkylation sites (tertiary alicyclic amines) is 1. The predicted octanol–water partition coefficient (Wildman–Crippen LogP) is 4.45. The third-order valence-electron chi connectivity index (χ3n) is 5.46. The highest BCUT2D eigenvalue weighted by atomic mass is 16.4. The molecule has 5 heteroatoms. The lowest BCUT2D eigenvalue weighted by molar-refractivity contribution is 0.0688. The SMILES string of the molecule is Cc1nnc(-c2ccc(C(=O)N3C(C)CC(c4ccccc4)C3C)cc2)o1. The van der Waals surface area contributed by atoms with E-state index in [1.54, 1.807) is 6.92 Å². The van der Waals surface area contributed by atoms with Crippen LogP contribution < -0.4 is 0 Å². The predicted molar refractivity (Wildman–Crippen MR) is 103 cm³/mol. The lowest BCUT2D eigenvalue weighted by atomic mass is 9.92. The Morgan fingerprint density at radius 1 is 1.04 bits per heavy atom. The monoisotopic (exact) mass is 361 g/mol. The van der Waals surface area contributed by atoms with Crippen LogP contribution in [0.15, 0.2) is 59.0 Å². The molecule has 1 aliphatic rings. The second kappa shape index (κ2) is 6.99. The van der Waals surface area contributed by atoms with Crippen molar-refractivity contribution in [3.8, 4) is 11.5 Å². The van der Waals surface area contributed by atoms with Gasteiger partial charge in [0, 0.05) is 36.1 Å². The first kappa shape index (κ1) is 17.5. The van der Waals surface area contributed by atoms with Crippen LogP contribution in [0.2, 0.25) is 0 Å². The lowest BCUT2D eigenvalue weighted by Gasteiger charge is -2.28. The van der Waals surface area contributed by atoms with Gasteiger partial charge in [0.15, 0.2) is 0 Å². The number of hydrogen-bond donors (Lipinski definition) is 0. The van der Waals surface area contributed by atoms with Crippen LogP contribution in [0.5, 0.6) is 0 Å². The molecule has 1 aliphatic heterocycles. The van der Waals surface area contributed by atoms with Crippen molar-refractivity contribution in [1.82, 2.24) is 15.1 Å². The fraction of sp³-hybridized carbons (Fsp3) is 0.318. The topological polar surface area (TPSA) is 59.2 Å². The number of rotatable bonds is 3. The molecule has 3 aromatic rings. The summed E-state index contributed by atoms with van der Waals surface area (Å²) in [5, 5.41) is 7.87. The van der Waals surface area contributed by atoms with Crippen LogP contribution in [0.3, 0.4) is 0 Å². The minimum absolute atomic E-state index is 0.0710. The van der Waals surface area contributed by atoms with Crippen molar-refractivity contribution in [1.29, 1.82) is 0 Å². The molecule has 0 radical (unpaired) electrons. The van der Waals surface area contributed by atoms with Gasteiger partial charge in [-0.15, -0.1) is 10.2 Å². The van der Waals surface area contributed by atoms with Crippen LogP contribution in [0, 0.1) is 6.92 Å². The number of nitrogens with zero attached hydrogens (tertiary/aromatic N) is 3. The Labute approximate surface area is 159 Å². The molecule has 4 rings (SSSR count). The largest absolute Gasteiger partial charge is 0.421 e. The fourth-order valence-electron chi connectivity index (χ4n) is 4.09. The Balaban J connectivity index is 1.55. The summed E-state index contributed by atoms with van der Waals surface area (Å²) in [7, 11) is 0. The van der Waals surface area contributed by atoms with Gasteiger partial charge in [0.2, 0.25) is 11.8 Å². The quantitative estimate of drug-likeness (QED) is 0.691. The van der Waals surface area contributed by atoms with Gasteiger partial charge in [-0.3, -0.25) is 4.79 Å². The number of carbonyl (C=O) groups excluding carboxylic acids is 1. The molecule has 138 valence electrons. The van der Waals surface area contributed by atoms with E-state index in [0.29, 0.717) is 23.3 Å².